The lowest BCUT2D eigenvalue weighted by atomic mass is 10.2. The van der Waals surface area contributed by atoms with Crippen molar-refractivity contribution in [3.63, 3.8) is 0 Å². The summed E-state index contributed by atoms with van der Waals surface area (Å²) in [7, 11) is 3.20. The molecule has 1 heterocycles. The third-order valence-electron chi connectivity index (χ3n) is 2.69. The van der Waals surface area contributed by atoms with E-state index in [9.17, 15) is 0 Å². The van der Waals surface area contributed by atoms with Crippen LogP contribution >= 0.6 is 0 Å². The molecule has 0 aliphatic rings. The molecule has 0 amide bonds. The van der Waals surface area contributed by atoms with Crippen molar-refractivity contribution in [1.82, 2.24) is 9.78 Å². The summed E-state index contributed by atoms with van der Waals surface area (Å²) in [4.78, 5) is 0. The smallest absolute Gasteiger partial charge is 0.217 e. The van der Waals surface area contributed by atoms with Crippen LogP contribution in [0.25, 0.3) is 0 Å². The lowest BCUT2D eigenvalue weighted by molar-refractivity contribution is 0.270. The number of aromatic nitrogens is 2. The molecule has 0 radical (unpaired) electrons. The molecule has 1 aromatic heterocycles. The molecule has 2 aromatic rings. The Hall–Kier alpha value is -2.01. The van der Waals surface area contributed by atoms with E-state index in [1.165, 1.54) is 0 Å². The van der Waals surface area contributed by atoms with Gasteiger partial charge in [0.1, 0.15) is 5.75 Å². The first-order chi connectivity index (χ1) is 8.78. The first kappa shape index (κ1) is 12.4. The molecule has 96 valence electrons. The van der Waals surface area contributed by atoms with Gasteiger partial charge in [-0.05, 0) is 17.7 Å². The molecule has 1 aromatic carbocycles. The summed E-state index contributed by atoms with van der Waals surface area (Å²) in [5.41, 5.74) is 1.74. The Balaban J connectivity index is 2.25. The van der Waals surface area contributed by atoms with Gasteiger partial charge in [0.05, 0.1) is 39.1 Å². The van der Waals surface area contributed by atoms with Gasteiger partial charge in [-0.15, -0.1) is 0 Å². The summed E-state index contributed by atoms with van der Waals surface area (Å²) in [5.74, 6) is 1.39. The van der Waals surface area contributed by atoms with Crippen LogP contribution in [0.15, 0.2) is 30.5 Å². The maximum atomic E-state index is 9.16. The number of methoxy groups -OCH3 is 2. The number of aliphatic hydroxyl groups is 1. The van der Waals surface area contributed by atoms with Crippen molar-refractivity contribution in [3.05, 3.63) is 41.6 Å². The van der Waals surface area contributed by atoms with Gasteiger partial charge in [-0.3, -0.25) is 0 Å². The molecule has 18 heavy (non-hydrogen) atoms. The number of nitrogens with zero attached hydrogens (tertiary/aromatic N) is 2. The van der Waals surface area contributed by atoms with Crippen molar-refractivity contribution in [2.75, 3.05) is 14.2 Å². The third-order valence-corrected chi connectivity index (χ3v) is 2.69. The molecule has 0 saturated carbocycles. The van der Waals surface area contributed by atoms with E-state index in [-0.39, 0.29) is 6.61 Å². The van der Waals surface area contributed by atoms with E-state index in [2.05, 4.69) is 5.10 Å². The summed E-state index contributed by atoms with van der Waals surface area (Å²) in [5, 5.41) is 13.4. The van der Waals surface area contributed by atoms with Crippen LogP contribution in [0.4, 0.5) is 0 Å². The average molecular weight is 248 g/mol. The second kappa shape index (κ2) is 5.55. The highest BCUT2D eigenvalue weighted by atomic mass is 16.5. The molecule has 5 nitrogen and oxygen atoms in total. The van der Waals surface area contributed by atoms with Crippen LogP contribution in [-0.2, 0) is 13.2 Å². The van der Waals surface area contributed by atoms with Crippen molar-refractivity contribution in [2.45, 2.75) is 13.2 Å². The third kappa shape index (κ3) is 2.46. The van der Waals surface area contributed by atoms with Crippen LogP contribution < -0.4 is 9.47 Å². The fourth-order valence-electron chi connectivity index (χ4n) is 1.81. The lowest BCUT2D eigenvalue weighted by Crippen LogP contribution is -2.05. The Labute approximate surface area is 106 Å². The van der Waals surface area contributed by atoms with Crippen molar-refractivity contribution in [3.8, 4) is 11.6 Å². The molecule has 0 atom stereocenters. The molecule has 0 saturated heterocycles. The minimum absolute atomic E-state index is 0.0821. The van der Waals surface area contributed by atoms with Gasteiger partial charge in [-0.25, -0.2) is 4.68 Å². The molecule has 0 fully saturated rings. The molecule has 1 N–H and O–H groups in total. The Kier molecular flexibility index (Phi) is 3.84. The predicted molar refractivity (Wildman–Crippen MR) is 66.8 cm³/mol. The summed E-state index contributed by atoms with van der Waals surface area (Å²) >= 11 is 0. The maximum Gasteiger partial charge on any atom is 0.217 e. The second-order valence-corrected chi connectivity index (χ2v) is 3.85. The lowest BCUT2D eigenvalue weighted by Gasteiger charge is -2.08. The Morgan fingerprint density at radius 2 is 2.11 bits per heavy atom. The van der Waals surface area contributed by atoms with Crippen molar-refractivity contribution in [2.24, 2.45) is 0 Å². The zero-order valence-electron chi connectivity index (χ0n) is 10.5. The van der Waals surface area contributed by atoms with Crippen molar-refractivity contribution < 1.29 is 14.6 Å². The quantitative estimate of drug-likeness (QED) is 0.870. The summed E-state index contributed by atoms with van der Waals surface area (Å²) < 4.78 is 12.1. The van der Waals surface area contributed by atoms with Crippen LogP contribution in [-0.4, -0.2) is 29.1 Å². The molecular weight excluding hydrogens is 232 g/mol. The van der Waals surface area contributed by atoms with Gasteiger partial charge in [0.2, 0.25) is 5.88 Å². The first-order valence-electron chi connectivity index (χ1n) is 5.61. The predicted octanol–water partition coefficient (Wildman–Crippen LogP) is 1.44. The van der Waals surface area contributed by atoms with E-state index in [0.29, 0.717) is 18.0 Å². The largest absolute Gasteiger partial charge is 0.497 e. The van der Waals surface area contributed by atoms with E-state index < -0.39 is 0 Å². The minimum atomic E-state index is -0.0821. The number of benzene rings is 1. The monoisotopic (exact) mass is 248 g/mol. The molecule has 0 aliphatic carbocycles. The number of aliphatic hydroxyl groups excluding tert-OH is 1. The van der Waals surface area contributed by atoms with Crippen LogP contribution in [0.3, 0.4) is 0 Å². The molecule has 0 bridgehead atoms. The summed E-state index contributed by atoms with van der Waals surface area (Å²) in [6.45, 7) is 0.488. The van der Waals surface area contributed by atoms with Gasteiger partial charge in [0.25, 0.3) is 0 Å². The number of rotatable bonds is 5. The molecular formula is C13H16N2O3. The summed E-state index contributed by atoms with van der Waals surface area (Å²) in [6, 6.07) is 7.75. The van der Waals surface area contributed by atoms with Crippen LogP contribution in [0, 0.1) is 0 Å². The average Bonchev–Trinajstić information content (AvgIpc) is 2.80. The Morgan fingerprint density at radius 3 is 2.78 bits per heavy atom. The van der Waals surface area contributed by atoms with Gasteiger partial charge in [0.15, 0.2) is 0 Å². The minimum Gasteiger partial charge on any atom is -0.497 e. The van der Waals surface area contributed by atoms with Crippen LogP contribution in [0.1, 0.15) is 11.1 Å². The highest BCUT2D eigenvalue weighted by molar-refractivity contribution is 5.30. The van der Waals surface area contributed by atoms with E-state index in [1.54, 1.807) is 25.1 Å². The molecule has 5 heteroatoms. The van der Waals surface area contributed by atoms with E-state index in [4.69, 9.17) is 14.6 Å². The highest BCUT2D eigenvalue weighted by Gasteiger charge is 2.10. The highest BCUT2D eigenvalue weighted by Crippen LogP contribution is 2.20. The van der Waals surface area contributed by atoms with Gasteiger partial charge in [0, 0.05) is 0 Å². The Bertz CT molecular complexity index is 523. The van der Waals surface area contributed by atoms with Crippen LogP contribution in [0.5, 0.6) is 11.6 Å². The van der Waals surface area contributed by atoms with Crippen molar-refractivity contribution >= 4 is 0 Å². The van der Waals surface area contributed by atoms with Gasteiger partial charge in [-0.2, -0.15) is 5.10 Å². The second-order valence-electron chi connectivity index (χ2n) is 3.85. The zero-order chi connectivity index (χ0) is 13.0. The number of hydrogen-bond acceptors (Lipinski definition) is 4. The zero-order valence-corrected chi connectivity index (χ0v) is 10.5. The molecule has 0 spiro atoms. The number of ether oxygens (including phenoxy) is 2. The fraction of sp³-hybridized carbons (Fsp3) is 0.308. The van der Waals surface area contributed by atoms with E-state index in [1.807, 2.05) is 24.3 Å². The van der Waals surface area contributed by atoms with E-state index in [0.717, 1.165) is 11.3 Å². The topological polar surface area (TPSA) is 56.5 Å². The first-order valence-corrected chi connectivity index (χ1v) is 5.61. The standard InChI is InChI=1S/C13H16N2O3/c1-17-12-5-3-4-10(6-12)8-15-13(18-2)11(9-16)7-14-15/h3-7,16H,8-9H2,1-2H3. The molecule has 0 unspecified atom stereocenters. The maximum absolute atomic E-state index is 9.16. The van der Waals surface area contributed by atoms with E-state index >= 15 is 0 Å². The fourth-order valence-corrected chi connectivity index (χ4v) is 1.81. The normalized spacial score (nSPS) is 10.4. The molecule has 0 aliphatic heterocycles. The van der Waals surface area contributed by atoms with Gasteiger partial charge < -0.3 is 14.6 Å². The Morgan fingerprint density at radius 1 is 1.28 bits per heavy atom. The SMILES string of the molecule is COc1cccc(Cn2ncc(CO)c2OC)c1. The van der Waals surface area contributed by atoms with Gasteiger partial charge in [-0.1, -0.05) is 12.1 Å². The number of hydrogen-bond donors (Lipinski definition) is 1. The van der Waals surface area contributed by atoms with Gasteiger partial charge >= 0.3 is 0 Å². The van der Waals surface area contributed by atoms with Crippen molar-refractivity contribution in [1.29, 1.82) is 0 Å². The molecule has 2 rings (SSSR count). The summed E-state index contributed by atoms with van der Waals surface area (Å²) in [6.07, 6.45) is 1.61. The van der Waals surface area contributed by atoms with Crippen LogP contribution in [0.2, 0.25) is 0 Å².